The third-order valence-corrected chi connectivity index (χ3v) is 4.44. The second kappa shape index (κ2) is 4.64. The monoisotopic (exact) mass is 258 g/mol. The van der Waals surface area contributed by atoms with Gasteiger partial charge in [-0.05, 0) is 37.7 Å². The van der Waals surface area contributed by atoms with Crippen LogP contribution in [0.2, 0.25) is 0 Å². The van der Waals surface area contributed by atoms with Crippen molar-refractivity contribution in [1.29, 1.82) is 0 Å². The molecule has 2 fully saturated rings. The number of nitrogens with zero attached hydrogens (tertiary/aromatic N) is 1. The Labute approximate surface area is 115 Å². The van der Waals surface area contributed by atoms with Crippen LogP contribution in [0.4, 0.5) is 0 Å². The Bertz CT molecular complexity index is 499. The zero-order valence-corrected chi connectivity index (χ0v) is 11.9. The van der Waals surface area contributed by atoms with Gasteiger partial charge in [0.15, 0.2) is 0 Å². The molecule has 19 heavy (non-hydrogen) atoms. The Kier molecular flexibility index (Phi) is 3.09. The van der Waals surface area contributed by atoms with Crippen LogP contribution in [0.25, 0.3) is 0 Å². The molecule has 1 aromatic rings. The first-order valence-electron chi connectivity index (χ1n) is 7.19. The quantitative estimate of drug-likeness (QED) is 0.903. The third kappa shape index (κ3) is 2.39. The molecule has 1 aromatic carbocycles. The molecular weight excluding hydrogens is 236 g/mol. The summed E-state index contributed by atoms with van der Waals surface area (Å²) in [6, 6.07) is 8.37. The normalized spacial score (nSPS) is 33.8. The molecule has 102 valence electrons. The van der Waals surface area contributed by atoms with Gasteiger partial charge in [0.1, 0.15) is 6.17 Å². The minimum absolute atomic E-state index is 0.0511. The van der Waals surface area contributed by atoms with Gasteiger partial charge in [0.2, 0.25) is 5.91 Å². The van der Waals surface area contributed by atoms with E-state index in [-0.39, 0.29) is 18.1 Å². The number of benzene rings is 1. The molecule has 0 bridgehead atoms. The molecule has 3 nitrogen and oxygen atoms in total. The number of hydrogen-bond donors (Lipinski definition) is 1. The van der Waals surface area contributed by atoms with Crippen molar-refractivity contribution < 1.29 is 4.79 Å². The predicted octanol–water partition coefficient (Wildman–Crippen LogP) is 2.47. The van der Waals surface area contributed by atoms with E-state index in [1.807, 2.05) is 11.8 Å². The van der Waals surface area contributed by atoms with E-state index in [2.05, 4.69) is 43.4 Å². The molecule has 3 heteroatoms. The van der Waals surface area contributed by atoms with Gasteiger partial charge in [-0.1, -0.05) is 36.8 Å². The van der Waals surface area contributed by atoms with Gasteiger partial charge in [0.05, 0.1) is 6.04 Å². The van der Waals surface area contributed by atoms with Crippen molar-refractivity contribution in [3.63, 3.8) is 0 Å². The molecule has 1 heterocycles. The van der Waals surface area contributed by atoms with Crippen LogP contribution in [0.3, 0.4) is 0 Å². The summed E-state index contributed by atoms with van der Waals surface area (Å²) in [5.41, 5.74) is 2.44. The first kappa shape index (κ1) is 12.7. The summed E-state index contributed by atoms with van der Waals surface area (Å²) in [6.45, 7) is 7.22. The van der Waals surface area contributed by atoms with E-state index in [9.17, 15) is 4.79 Å². The molecule has 0 aromatic heterocycles. The maximum absolute atomic E-state index is 12.3. The lowest BCUT2D eigenvalue weighted by Crippen LogP contribution is -2.32. The smallest absolute Gasteiger partial charge is 0.241 e. The fraction of sp³-hybridized carbons (Fsp3) is 0.562. The lowest BCUT2D eigenvalue weighted by atomic mass is 10.1. The second-order valence-electron chi connectivity index (χ2n) is 6.17. The zero-order valence-electron chi connectivity index (χ0n) is 11.9. The fourth-order valence-electron chi connectivity index (χ4n) is 2.99. The van der Waals surface area contributed by atoms with Crippen LogP contribution in [-0.4, -0.2) is 23.4 Å². The molecule has 2 aliphatic rings. The van der Waals surface area contributed by atoms with Crippen molar-refractivity contribution in [2.45, 2.75) is 39.4 Å². The molecule has 0 spiro atoms. The van der Waals surface area contributed by atoms with E-state index in [1.54, 1.807) is 0 Å². The van der Waals surface area contributed by atoms with E-state index in [1.165, 1.54) is 17.5 Å². The van der Waals surface area contributed by atoms with Gasteiger partial charge in [0.25, 0.3) is 0 Å². The molecule has 1 saturated heterocycles. The summed E-state index contributed by atoms with van der Waals surface area (Å²) in [4.78, 5) is 14.3. The molecule has 0 radical (unpaired) electrons. The van der Waals surface area contributed by atoms with E-state index in [0.29, 0.717) is 5.92 Å². The standard InChI is InChI=1S/C16H22N2O/c1-10-5-4-6-13(7-10)15-17-12(3)16(19)18(15)9-14-8-11(14)2/h4-7,11-12,14-15,17H,8-9H2,1-3H3. The largest absolute Gasteiger partial charge is 0.321 e. The number of carbonyl (C=O) groups excluding carboxylic acids is 1. The Morgan fingerprint density at radius 2 is 2.11 bits per heavy atom. The van der Waals surface area contributed by atoms with E-state index in [4.69, 9.17) is 0 Å². The van der Waals surface area contributed by atoms with Gasteiger partial charge in [-0.2, -0.15) is 0 Å². The molecule has 1 saturated carbocycles. The van der Waals surface area contributed by atoms with Crippen molar-refractivity contribution in [3.8, 4) is 0 Å². The van der Waals surface area contributed by atoms with Gasteiger partial charge >= 0.3 is 0 Å². The lowest BCUT2D eigenvalue weighted by molar-refractivity contribution is -0.130. The average molecular weight is 258 g/mol. The minimum Gasteiger partial charge on any atom is -0.321 e. The summed E-state index contributed by atoms with van der Waals surface area (Å²) in [6.07, 6.45) is 1.31. The van der Waals surface area contributed by atoms with Crippen LogP contribution in [-0.2, 0) is 4.79 Å². The number of rotatable bonds is 3. The van der Waals surface area contributed by atoms with E-state index < -0.39 is 0 Å². The Morgan fingerprint density at radius 3 is 2.74 bits per heavy atom. The molecule has 3 rings (SSSR count). The molecular formula is C16H22N2O. The summed E-state index contributed by atoms with van der Waals surface area (Å²) in [5, 5.41) is 3.42. The van der Waals surface area contributed by atoms with Crippen molar-refractivity contribution in [2.75, 3.05) is 6.54 Å². The number of carbonyl (C=O) groups is 1. The average Bonchev–Trinajstić information content (AvgIpc) is 3.00. The van der Waals surface area contributed by atoms with Crippen LogP contribution in [0, 0.1) is 18.8 Å². The molecule has 1 aliphatic carbocycles. The highest BCUT2D eigenvalue weighted by atomic mass is 16.2. The summed E-state index contributed by atoms with van der Waals surface area (Å²) in [7, 11) is 0. The fourth-order valence-corrected chi connectivity index (χ4v) is 2.99. The topological polar surface area (TPSA) is 32.3 Å². The zero-order chi connectivity index (χ0) is 13.6. The highest BCUT2D eigenvalue weighted by Gasteiger charge is 2.42. The summed E-state index contributed by atoms with van der Waals surface area (Å²) < 4.78 is 0. The van der Waals surface area contributed by atoms with Crippen molar-refractivity contribution in [2.24, 2.45) is 11.8 Å². The lowest BCUT2D eigenvalue weighted by Gasteiger charge is -2.25. The van der Waals surface area contributed by atoms with Crippen molar-refractivity contribution in [1.82, 2.24) is 10.2 Å². The van der Waals surface area contributed by atoms with E-state index >= 15 is 0 Å². The van der Waals surface area contributed by atoms with Gasteiger partial charge in [-0.25, -0.2) is 0 Å². The molecule has 1 N–H and O–H groups in total. The highest BCUT2D eigenvalue weighted by Crippen LogP contribution is 2.40. The molecule has 1 aliphatic heterocycles. The van der Waals surface area contributed by atoms with Crippen LogP contribution in [0.15, 0.2) is 24.3 Å². The van der Waals surface area contributed by atoms with E-state index in [0.717, 1.165) is 12.5 Å². The Morgan fingerprint density at radius 1 is 1.37 bits per heavy atom. The van der Waals surface area contributed by atoms with Crippen LogP contribution in [0.5, 0.6) is 0 Å². The van der Waals surface area contributed by atoms with Gasteiger partial charge in [0, 0.05) is 6.54 Å². The molecule has 4 atom stereocenters. The summed E-state index contributed by atoms with van der Waals surface area (Å²) in [5.74, 6) is 1.72. The number of amides is 1. The minimum atomic E-state index is -0.0698. The highest BCUT2D eigenvalue weighted by molar-refractivity contribution is 5.84. The van der Waals surface area contributed by atoms with Crippen molar-refractivity contribution in [3.05, 3.63) is 35.4 Å². The second-order valence-corrected chi connectivity index (χ2v) is 6.17. The van der Waals surface area contributed by atoms with Gasteiger partial charge in [-0.3, -0.25) is 10.1 Å². The third-order valence-electron chi connectivity index (χ3n) is 4.44. The number of nitrogens with one attached hydrogen (secondary N) is 1. The first-order valence-corrected chi connectivity index (χ1v) is 7.19. The Hall–Kier alpha value is -1.35. The van der Waals surface area contributed by atoms with Gasteiger partial charge in [-0.15, -0.1) is 0 Å². The number of hydrogen-bond acceptors (Lipinski definition) is 2. The Balaban J connectivity index is 1.83. The SMILES string of the molecule is Cc1cccc(C2NC(C)C(=O)N2CC2CC2C)c1. The maximum Gasteiger partial charge on any atom is 0.241 e. The van der Waals surface area contributed by atoms with Crippen LogP contribution in [0.1, 0.15) is 37.6 Å². The van der Waals surface area contributed by atoms with Crippen molar-refractivity contribution >= 4 is 5.91 Å². The molecule has 1 amide bonds. The van der Waals surface area contributed by atoms with Gasteiger partial charge < -0.3 is 4.90 Å². The number of aryl methyl sites for hydroxylation is 1. The molecule has 4 unspecified atom stereocenters. The first-order chi connectivity index (χ1) is 9.06. The van der Waals surface area contributed by atoms with Crippen LogP contribution >= 0.6 is 0 Å². The maximum atomic E-state index is 12.3. The predicted molar refractivity (Wildman–Crippen MR) is 75.5 cm³/mol. The van der Waals surface area contributed by atoms with Crippen LogP contribution < -0.4 is 5.32 Å². The summed E-state index contributed by atoms with van der Waals surface area (Å²) >= 11 is 0.